The maximum Gasteiger partial charge on any atom is 0.321 e. The van der Waals surface area contributed by atoms with Gasteiger partial charge >= 0.3 is 12.0 Å². The molecule has 1 aliphatic rings. The highest BCUT2D eigenvalue weighted by atomic mass is 16.4. The Balaban J connectivity index is 1.91. The molecule has 0 radical (unpaired) electrons. The number of aliphatic carboxylic acids is 1. The Kier molecular flexibility index (Phi) is 5.20. The number of nitrogens with zero attached hydrogens (tertiary/aromatic N) is 1. The average molecular weight is 290 g/mol. The van der Waals surface area contributed by atoms with Crippen molar-refractivity contribution in [2.45, 2.75) is 32.6 Å². The third-order valence-electron chi connectivity index (χ3n) is 3.94. The Morgan fingerprint density at radius 1 is 1.33 bits per heavy atom. The number of carbonyl (C=O) groups excluding carboxylic acids is 1. The number of piperidine rings is 1. The van der Waals surface area contributed by atoms with Gasteiger partial charge in [-0.25, -0.2) is 4.79 Å². The fourth-order valence-corrected chi connectivity index (χ4v) is 2.67. The first-order chi connectivity index (χ1) is 10.1. The standard InChI is InChI=1S/C16H22N2O3/c1-2-12-4-3-9-18(11-12)16(21)17-14-7-5-13(6-8-14)10-15(19)20/h5-8,12H,2-4,9-11H2,1H3,(H,17,21)(H,19,20). The number of carbonyl (C=O) groups is 2. The van der Waals surface area contributed by atoms with Crippen LogP contribution >= 0.6 is 0 Å². The lowest BCUT2D eigenvalue weighted by Gasteiger charge is -2.32. The summed E-state index contributed by atoms with van der Waals surface area (Å²) in [5.41, 5.74) is 1.43. The van der Waals surface area contributed by atoms with Gasteiger partial charge in [-0.05, 0) is 36.5 Å². The molecule has 1 aromatic rings. The molecule has 0 bridgehead atoms. The Labute approximate surface area is 125 Å². The largest absolute Gasteiger partial charge is 0.481 e. The molecule has 21 heavy (non-hydrogen) atoms. The number of urea groups is 1. The van der Waals surface area contributed by atoms with Crippen molar-refractivity contribution in [3.8, 4) is 0 Å². The molecule has 0 saturated carbocycles. The minimum absolute atomic E-state index is 0.00146. The van der Waals surface area contributed by atoms with E-state index in [0.29, 0.717) is 11.6 Å². The van der Waals surface area contributed by atoms with Gasteiger partial charge in [-0.1, -0.05) is 25.5 Å². The summed E-state index contributed by atoms with van der Waals surface area (Å²) in [7, 11) is 0. The third-order valence-corrected chi connectivity index (χ3v) is 3.94. The Bertz CT molecular complexity index is 499. The first-order valence-corrected chi connectivity index (χ1v) is 7.45. The summed E-state index contributed by atoms with van der Waals surface area (Å²) in [6.45, 7) is 3.78. The molecule has 2 amide bonds. The monoisotopic (exact) mass is 290 g/mol. The number of likely N-dealkylation sites (tertiary alicyclic amines) is 1. The molecule has 5 heteroatoms. The van der Waals surface area contributed by atoms with Crippen LogP contribution in [-0.2, 0) is 11.2 Å². The van der Waals surface area contributed by atoms with Gasteiger partial charge < -0.3 is 15.3 Å². The molecule has 5 nitrogen and oxygen atoms in total. The molecule has 114 valence electrons. The van der Waals surface area contributed by atoms with Crippen LogP contribution in [0, 0.1) is 5.92 Å². The van der Waals surface area contributed by atoms with Crippen molar-refractivity contribution in [2.24, 2.45) is 5.92 Å². The summed E-state index contributed by atoms with van der Waals surface area (Å²) in [6.07, 6.45) is 3.36. The van der Waals surface area contributed by atoms with E-state index >= 15 is 0 Å². The highest BCUT2D eigenvalue weighted by molar-refractivity contribution is 5.89. The van der Waals surface area contributed by atoms with Crippen molar-refractivity contribution in [2.75, 3.05) is 18.4 Å². The Hall–Kier alpha value is -2.04. The summed E-state index contributed by atoms with van der Waals surface area (Å²) in [6, 6.07) is 6.89. The number of amides is 2. The molecule has 2 rings (SSSR count). The zero-order valence-corrected chi connectivity index (χ0v) is 12.3. The molecule has 1 saturated heterocycles. The summed E-state index contributed by atoms with van der Waals surface area (Å²) >= 11 is 0. The van der Waals surface area contributed by atoms with Crippen LogP contribution in [0.25, 0.3) is 0 Å². The maximum atomic E-state index is 12.2. The van der Waals surface area contributed by atoms with Crippen LogP contribution in [-0.4, -0.2) is 35.1 Å². The predicted octanol–water partition coefficient (Wildman–Crippen LogP) is 2.97. The van der Waals surface area contributed by atoms with Gasteiger partial charge in [0.2, 0.25) is 0 Å². The van der Waals surface area contributed by atoms with Crippen molar-refractivity contribution < 1.29 is 14.7 Å². The van der Waals surface area contributed by atoms with Crippen molar-refractivity contribution in [1.82, 2.24) is 4.90 Å². The average Bonchev–Trinajstić information content (AvgIpc) is 2.49. The van der Waals surface area contributed by atoms with E-state index in [0.717, 1.165) is 31.5 Å². The van der Waals surface area contributed by atoms with Gasteiger partial charge in [0.1, 0.15) is 0 Å². The summed E-state index contributed by atoms with van der Waals surface area (Å²) in [5, 5.41) is 11.6. The lowest BCUT2D eigenvalue weighted by molar-refractivity contribution is -0.136. The lowest BCUT2D eigenvalue weighted by Crippen LogP contribution is -2.42. The van der Waals surface area contributed by atoms with Gasteiger partial charge in [0, 0.05) is 18.8 Å². The first kappa shape index (κ1) is 15.4. The quantitative estimate of drug-likeness (QED) is 0.895. The SMILES string of the molecule is CCC1CCCN(C(=O)Nc2ccc(CC(=O)O)cc2)C1. The van der Waals surface area contributed by atoms with E-state index < -0.39 is 5.97 Å². The summed E-state index contributed by atoms with van der Waals surface area (Å²) < 4.78 is 0. The van der Waals surface area contributed by atoms with Crippen LogP contribution in [0.2, 0.25) is 0 Å². The van der Waals surface area contributed by atoms with E-state index in [4.69, 9.17) is 5.11 Å². The minimum Gasteiger partial charge on any atom is -0.481 e. The highest BCUT2D eigenvalue weighted by Crippen LogP contribution is 2.20. The molecule has 0 aliphatic carbocycles. The van der Waals surface area contributed by atoms with Crippen LogP contribution in [0.4, 0.5) is 10.5 Å². The number of nitrogens with one attached hydrogen (secondary N) is 1. The van der Waals surface area contributed by atoms with Crippen LogP contribution < -0.4 is 5.32 Å². The van der Waals surface area contributed by atoms with E-state index in [9.17, 15) is 9.59 Å². The van der Waals surface area contributed by atoms with Crippen molar-refractivity contribution in [3.63, 3.8) is 0 Å². The molecule has 0 aromatic heterocycles. The molecular weight excluding hydrogens is 268 g/mol. The van der Waals surface area contributed by atoms with Gasteiger partial charge in [-0.3, -0.25) is 4.79 Å². The maximum absolute atomic E-state index is 12.2. The van der Waals surface area contributed by atoms with Gasteiger partial charge in [0.15, 0.2) is 0 Å². The van der Waals surface area contributed by atoms with Crippen LogP contribution in [0.3, 0.4) is 0 Å². The second-order valence-electron chi connectivity index (χ2n) is 5.56. The van der Waals surface area contributed by atoms with E-state index in [1.807, 2.05) is 4.90 Å². The topological polar surface area (TPSA) is 69.6 Å². The van der Waals surface area contributed by atoms with Gasteiger partial charge in [-0.15, -0.1) is 0 Å². The lowest BCUT2D eigenvalue weighted by atomic mass is 9.96. The molecule has 1 fully saturated rings. The summed E-state index contributed by atoms with van der Waals surface area (Å²) in [5.74, 6) is -0.256. The fourth-order valence-electron chi connectivity index (χ4n) is 2.67. The van der Waals surface area contributed by atoms with E-state index in [1.165, 1.54) is 6.42 Å². The third kappa shape index (κ3) is 4.48. The van der Waals surface area contributed by atoms with Crippen molar-refractivity contribution in [3.05, 3.63) is 29.8 Å². The van der Waals surface area contributed by atoms with Gasteiger partial charge in [0.05, 0.1) is 6.42 Å². The predicted molar refractivity (Wildman–Crippen MR) is 81.4 cm³/mol. The highest BCUT2D eigenvalue weighted by Gasteiger charge is 2.22. The molecule has 2 N–H and O–H groups in total. The van der Waals surface area contributed by atoms with Gasteiger partial charge in [0.25, 0.3) is 0 Å². The van der Waals surface area contributed by atoms with Crippen molar-refractivity contribution in [1.29, 1.82) is 0 Å². The molecule has 0 spiro atoms. The zero-order valence-electron chi connectivity index (χ0n) is 12.3. The molecule has 1 aliphatic heterocycles. The Morgan fingerprint density at radius 2 is 2.05 bits per heavy atom. The smallest absolute Gasteiger partial charge is 0.321 e. The fraction of sp³-hybridized carbons (Fsp3) is 0.500. The molecule has 1 unspecified atom stereocenters. The second-order valence-corrected chi connectivity index (χ2v) is 5.56. The molecular formula is C16H22N2O3. The summed E-state index contributed by atoms with van der Waals surface area (Å²) in [4.78, 5) is 24.7. The molecule has 1 aromatic carbocycles. The molecule has 1 atom stereocenters. The van der Waals surface area contributed by atoms with E-state index in [-0.39, 0.29) is 12.5 Å². The van der Waals surface area contributed by atoms with E-state index in [1.54, 1.807) is 24.3 Å². The Morgan fingerprint density at radius 3 is 2.67 bits per heavy atom. The van der Waals surface area contributed by atoms with Crippen LogP contribution in [0.15, 0.2) is 24.3 Å². The number of anilines is 1. The number of carboxylic acids is 1. The van der Waals surface area contributed by atoms with Crippen LogP contribution in [0.1, 0.15) is 31.7 Å². The van der Waals surface area contributed by atoms with Crippen molar-refractivity contribution >= 4 is 17.7 Å². The minimum atomic E-state index is -0.856. The number of hydrogen-bond acceptors (Lipinski definition) is 2. The van der Waals surface area contributed by atoms with Gasteiger partial charge in [-0.2, -0.15) is 0 Å². The number of hydrogen-bond donors (Lipinski definition) is 2. The first-order valence-electron chi connectivity index (χ1n) is 7.45. The number of benzene rings is 1. The van der Waals surface area contributed by atoms with E-state index in [2.05, 4.69) is 12.2 Å². The van der Waals surface area contributed by atoms with Crippen LogP contribution in [0.5, 0.6) is 0 Å². The number of carboxylic acid groups (broad SMARTS) is 1. The number of rotatable bonds is 4. The zero-order chi connectivity index (χ0) is 15.2. The second kappa shape index (κ2) is 7.11. The molecule has 1 heterocycles. The normalized spacial score (nSPS) is 18.3.